The number of carbonyl (C=O) groups is 2. The molecule has 1 atom stereocenters. The van der Waals surface area contributed by atoms with E-state index in [1.165, 1.54) is 27.4 Å². The maximum absolute atomic E-state index is 13.4. The van der Waals surface area contributed by atoms with Gasteiger partial charge in [0.15, 0.2) is 17.6 Å². The molecule has 3 aromatic rings. The molecule has 0 heterocycles. The van der Waals surface area contributed by atoms with E-state index in [1.807, 2.05) is 60.7 Å². The van der Waals surface area contributed by atoms with Crippen molar-refractivity contribution in [3.05, 3.63) is 89.5 Å². The van der Waals surface area contributed by atoms with Gasteiger partial charge in [0, 0.05) is 25.2 Å². The molecular formula is C27H29NO6. The largest absolute Gasteiger partial charge is 0.496 e. The van der Waals surface area contributed by atoms with Crippen molar-refractivity contribution >= 4 is 11.9 Å². The molecule has 7 heteroatoms. The number of benzene rings is 3. The Kier molecular flexibility index (Phi) is 8.51. The van der Waals surface area contributed by atoms with Gasteiger partial charge in [0.05, 0.1) is 21.3 Å². The van der Waals surface area contributed by atoms with Gasteiger partial charge in [0.2, 0.25) is 0 Å². The van der Waals surface area contributed by atoms with Gasteiger partial charge in [0.1, 0.15) is 11.3 Å². The van der Waals surface area contributed by atoms with E-state index in [2.05, 4.69) is 0 Å². The van der Waals surface area contributed by atoms with Crippen molar-refractivity contribution in [3.8, 4) is 17.2 Å². The summed E-state index contributed by atoms with van der Waals surface area (Å²) < 4.78 is 21.4. The Hall–Kier alpha value is -4.00. The van der Waals surface area contributed by atoms with E-state index in [-0.39, 0.29) is 17.2 Å². The molecule has 0 aliphatic heterocycles. The summed E-state index contributed by atoms with van der Waals surface area (Å²) in [6, 6.07) is 22.4. The monoisotopic (exact) mass is 463 g/mol. The number of rotatable bonds is 10. The normalized spacial score (nSPS) is 11.3. The van der Waals surface area contributed by atoms with Crippen LogP contribution >= 0.6 is 0 Å². The van der Waals surface area contributed by atoms with E-state index in [4.69, 9.17) is 18.9 Å². The molecule has 1 unspecified atom stereocenters. The molecular weight excluding hydrogens is 434 g/mol. The smallest absolute Gasteiger partial charge is 0.342 e. The highest BCUT2D eigenvalue weighted by Crippen LogP contribution is 2.35. The van der Waals surface area contributed by atoms with E-state index in [9.17, 15) is 9.59 Å². The number of ether oxygens (including phenoxy) is 4. The van der Waals surface area contributed by atoms with Gasteiger partial charge in [-0.05, 0) is 18.1 Å². The number of hydrogen-bond donors (Lipinski definition) is 0. The molecule has 1 amide bonds. The Balaban J connectivity index is 1.81. The van der Waals surface area contributed by atoms with Crippen LogP contribution in [0.1, 0.15) is 28.4 Å². The first-order valence-electron chi connectivity index (χ1n) is 10.8. The van der Waals surface area contributed by atoms with Gasteiger partial charge in [0.25, 0.3) is 5.91 Å². The number of hydrogen-bond acceptors (Lipinski definition) is 6. The van der Waals surface area contributed by atoms with Gasteiger partial charge < -0.3 is 23.8 Å². The van der Waals surface area contributed by atoms with Crippen LogP contribution in [0.2, 0.25) is 0 Å². The molecule has 0 N–H and O–H groups in total. The molecule has 3 rings (SSSR count). The SMILES string of the molecule is COc1cc(OC)c(C(=O)OC(C)C(=O)N(Cc2ccccc2)Cc2ccccc2)cc1OC. The summed E-state index contributed by atoms with van der Waals surface area (Å²) in [6.45, 7) is 2.34. The molecule has 0 radical (unpaired) electrons. The summed E-state index contributed by atoms with van der Waals surface area (Å²) in [6.07, 6.45) is -1.02. The quantitative estimate of drug-likeness (QED) is 0.413. The Morgan fingerprint density at radius 1 is 0.735 bits per heavy atom. The molecule has 0 aliphatic rings. The highest BCUT2D eigenvalue weighted by atomic mass is 16.6. The average molecular weight is 464 g/mol. The van der Waals surface area contributed by atoms with E-state index >= 15 is 0 Å². The summed E-state index contributed by atoms with van der Waals surface area (Å²) >= 11 is 0. The molecule has 0 saturated carbocycles. The number of amides is 1. The maximum Gasteiger partial charge on any atom is 0.342 e. The molecule has 0 bridgehead atoms. The van der Waals surface area contributed by atoms with Crippen molar-refractivity contribution < 1.29 is 28.5 Å². The van der Waals surface area contributed by atoms with Crippen LogP contribution in [0.15, 0.2) is 72.8 Å². The molecule has 0 spiro atoms. The zero-order chi connectivity index (χ0) is 24.5. The maximum atomic E-state index is 13.4. The lowest BCUT2D eigenvalue weighted by Gasteiger charge is -2.26. The number of carbonyl (C=O) groups excluding carboxylic acids is 2. The Morgan fingerprint density at radius 3 is 1.68 bits per heavy atom. The molecule has 0 saturated heterocycles. The topological polar surface area (TPSA) is 74.3 Å². The second-order valence-electron chi connectivity index (χ2n) is 7.62. The predicted molar refractivity (Wildman–Crippen MR) is 128 cm³/mol. The van der Waals surface area contributed by atoms with Crippen LogP contribution in [-0.4, -0.2) is 44.2 Å². The lowest BCUT2D eigenvalue weighted by molar-refractivity contribution is -0.141. The van der Waals surface area contributed by atoms with Gasteiger partial charge in [-0.1, -0.05) is 60.7 Å². The average Bonchev–Trinajstić information content (AvgIpc) is 2.88. The lowest BCUT2D eigenvalue weighted by Crippen LogP contribution is -2.39. The fourth-order valence-electron chi connectivity index (χ4n) is 3.54. The first-order valence-corrected chi connectivity index (χ1v) is 10.8. The van der Waals surface area contributed by atoms with Crippen LogP contribution in [-0.2, 0) is 22.6 Å². The zero-order valence-electron chi connectivity index (χ0n) is 19.8. The Bertz CT molecular complexity index is 1060. The van der Waals surface area contributed by atoms with E-state index in [0.29, 0.717) is 24.6 Å². The molecule has 0 aliphatic carbocycles. The highest BCUT2D eigenvalue weighted by molar-refractivity contribution is 5.95. The number of methoxy groups -OCH3 is 3. The third-order valence-corrected chi connectivity index (χ3v) is 5.30. The fraction of sp³-hybridized carbons (Fsp3) is 0.259. The van der Waals surface area contributed by atoms with Crippen molar-refractivity contribution in [2.45, 2.75) is 26.1 Å². The molecule has 3 aromatic carbocycles. The van der Waals surface area contributed by atoms with Crippen LogP contribution in [0.3, 0.4) is 0 Å². The predicted octanol–water partition coefficient (Wildman–Crippen LogP) is 4.49. The van der Waals surface area contributed by atoms with Crippen LogP contribution in [0, 0.1) is 0 Å². The van der Waals surface area contributed by atoms with Crippen molar-refractivity contribution in [1.82, 2.24) is 4.90 Å². The first kappa shape index (κ1) is 24.6. The highest BCUT2D eigenvalue weighted by Gasteiger charge is 2.27. The lowest BCUT2D eigenvalue weighted by atomic mass is 10.1. The standard InChI is InChI=1S/C27H29NO6/c1-19(34-27(30)22-15-24(32-3)25(33-4)16-23(22)31-2)26(29)28(17-20-11-7-5-8-12-20)18-21-13-9-6-10-14-21/h5-16,19H,17-18H2,1-4H3. The van der Waals surface area contributed by atoms with E-state index < -0.39 is 12.1 Å². The summed E-state index contributed by atoms with van der Waals surface area (Å²) in [5.74, 6) is 0.0205. The Morgan fingerprint density at radius 2 is 1.21 bits per heavy atom. The number of nitrogens with zero attached hydrogens (tertiary/aromatic N) is 1. The van der Waals surface area contributed by atoms with Crippen LogP contribution < -0.4 is 14.2 Å². The minimum absolute atomic E-state index is 0.137. The molecule has 7 nitrogen and oxygen atoms in total. The van der Waals surface area contributed by atoms with Crippen LogP contribution in [0.5, 0.6) is 17.2 Å². The fourth-order valence-corrected chi connectivity index (χ4v) is 3.54. The van der Waals surface area contributed by atoms with E-state index in [1.54, 1.807) is 17.9 Å². The van der Waals surface area contributed by atoms with Crippen LogP contribution in [0.25, 0.3) is 0 Å². The second-order valence-corrected chi connectivity index (χ2v) is 7.62. The van der Waals surface area contributed by atoms with Crippen LogP contribution in [0.4, 0.5) is 0 Å². The molecule has 34 heavy (non-hydrogen) atoms. The third kappa shape index (κ3) is 6.07. The third-order valence-electron chi connectivity index (χ3n) is 5.30. The van der Waals surface area contributed by atoms with Crippen molar-refractivity contribution in [2.75, 3.05) is 21.3 Å². The van der Waals surface area contributed by atoms with Gasteiger partial charge in [-0.2, -0.15) is 0 Å². The minimum Gasteiger partial charge on any atom is -0.496 e. The minimum atomic E-state index is -1.02. The number of esters is 1. The zero-order valence-corrected chi connectivity index (χ0v) is 19.8. The van der Waals surface area contributed by atoms with Gasteiger partial charge >= 0.3 is 5.97 Å². The van der Waals surface area contributed by atoms with Gasteiger partial charge in [-0.15, -0.1) is 0 Å². The van der Waals surface area contributed by atoms with Gasteiger partial charge in [-0.3, -0.25) is 4.79 Å². The van der Waals surface area contributed by atoms with E-state index in [0.717, 1.165) is 11.1 Å². The summed E-state index contributed by atoms with van der Waals surface area (Å²) in [5.41, 5.74) is 2.09. The van der Waals surface area contributed by atoms with Crippen molar-refractivity contribution in [1.29, 1.82) is 0 Å². The Labute approximate surface area is 199 Å². The van der Waals surface area contributed by atoms with Crippen molar-refractivity contribution in [2.24, 2.45) is 0 Å². The van der Waals surface area contributed by atoms with Gasteiger partial charge in [-0.25, -0.2) is 4.79 Å². The van der Waals surface area contributed by atoms with Crippen molar-refractivity contribution in [3.63, 3.8) is 0 Å². The molecule has 178 valence electrons. The first-order chi connectivity index (χ1) is 16.5. The molecule has 0 fully saturated rings. The second kappa shape index (κ2) is 11.7. The molecule has 0 aromatic heterocycles. The summed E-state index contributed by atoms with van der Waals surface area (Å²) in [7, 11) is 4.40. The summed E-state index contributed by atoms with van der Waals surface area (Å²) in [5, 5.41) is 0. The summed E-state index contributed by atoms with van der Waals surface area (Å²) in [4.78, 5) is 28.0.